The second kappa shape index (κ2) is 5.95. The maximum Gasteiger partial charge on any atom is 0.311 e. The first-order valence-electron chi connectivity index (χ1n) is 6.65. The highest BCUT2D eigenvalue weighted by atomic mass is 32.1. The van der Waals surface area contributed by atoms with E-state index in [1.54, 1.807) is 39.0 Å². The van der Waals surface area contributed by atoms with Gasteiger partial charge < -0.3 is 10.4 Å². The fraction of sp³-hybridized carbons (Fsp3) is 0.600. The molecule has 1 aromatic heterocycles. The van der Waals surface area contributed by atoms with Crippen LogP contribution in [0.2, 0.25) is 0 Å². The summed E-state index contributed by atoms with van der Waals surface area (Å²) in [4.78, 5) is 24.7. The van der Waals surface area contributed by atoms with Gasteiger partial charge in [-0.15, -0.1) is 11.3 Å². The van der Waals surface area contributed by atoms with Gasteiger partial charge in [-0.05, 0) is 45.6 Å². The molecule has 20 heavy (non-hydrogen) atoms. The highest BCUT2D eigenvalue weighted by Gasteiger charge is 2.44. The Balaban J connectivity index is 2.71. The summed E-state index contributed by atoms with van der Waals surface area (Å²) >= 11 is 1.62. The third-order valence-corrected chi connectivity index (χ3v) is 4.97. The Hall–Kier alpha value is -1.36. The lowest BCUT2D eigenvalue weighted by Crippen LogP contribution is -2.58. The normalized spacial score (nSPS) is 13.8. The van der Waals surface area contributed by atoms with Crippen LogP contribution < -0.4 is 5.32 Å². The van der Waals surface area contributed by atoms with Crippen LogP contribution in [0.5, 0.6) is 0 Å². The van der Waals surface area contributed by atoms with Crippen molar-refractivity contribution >= 4 is 23.2 Å². The molecule has 0 fully saturated rings. The van der Waals surface area contributed by atoms with E-state index in [4.69, 9.17) is 0 Å². The summed E-state index contributed by atoms with van der Waals surface area (Å²) < 4.78 is 0. The monoisotopic (exact) mass is 297 g/mol. The Morgan fingerprint density at radius 2 is 1.95 bits per heavy atom. The van der Waals surface area contributed by atoms with Crippen LogP contribution in [0.1, 0.15) is 39.5 Å². The standard InChI is InChI=1S/C15H23NO3S/c1-10(9-11-7-6-8-20-11)12(17)16-15(4,5)14(2,3)13(18)19/h6-8,10H,9H2,1-5H3,(H,16,17)(H,18,19)/t10-/m1/s1. The highest BCUT2D eigenvalue weighted by Crippen LogP contribution is 2.31. The van der Waals surface area contributed by atoms with Gasteiger partial charge in [0.2, 0.25) is 5.91 Å². The minimum absolute atomic E-state index is 0.113. The van der Waals surface area contributed by atoms with Gasteiger partial charge in [0.25, 0.3) is 0 Å². The number of rotatable bonds is 6. The van der Waals surface area contributed by atoms with Crippen LogP contribution in [0, 0.1) is 11.3 Å². The summed E-state index contributed by atoms with van der Waals surface area (Å²) in [6, 6.07) is 3.96. The molecule has 1 heterocycles. The Bertz CT molecular complexity index is 477. The lowest BCUT2D eigenvalue weighted by atomic mass is 9.74. The molecule has 1 rings (SSSR count). The number of carboxylic acids is 1. The number of carboxylic acid groups (broad SMARTS) is 1. The van der Waals surface area contributed by atoms with Crippen LogP contribution in [-0.4, -0.2) is 22.5 Å². The van der Waals surface area contributed by atoms with E-state index in [1.165, 1.54) is 0 Å². The van der Waals surface area contributed by atoms with E-state index in [0.29, 0.717) is 6.42 Å². The zero-order chi connectivity index (χ0) is 15.6. The molecule has 0 saturated carbocycles. The molecule has 1 atom stereocenters. The molecular formula is C15H23NO3S. The Labute approximate surface area is 124 Å². The van der Waals surface area contributed by atoms with Crippen LogP contribution in [0.4, 0.5) is 0 Å². The second-order valence-electron chi connectivity index (χ2n) is 6.23. The van der Waals surface area contributed by atoms with Gasteiger partial charge in [0.05, 0.1) is 5.41 Å². The van der Waals surface area contributed by atoms with Crippen LogP contribution in [0.15, 0.2) is 17.5 Å². The van der Waals surface area contributed by atoms with E-state index < -0.39 is 16.9 Å². The zero-order valence-corrected chi connectivity index (χ0v) is 13.5. The molecule has 0 radical (unpaired) electrons. The number of carbonyl (C=O) groups is 2. The largest absolute Gasteiger partial charge is 0.481 e. The maximum atomic E-state index is 12.3. The van der Waals surface area contributed by atoms with Gasteiger partial charge in [-0.3, -0.25) is 9.59 Å². The molecule has 0 aliphatic rings. The Kier molecular flexibility index (Phi) is 4.97. The highest BCUT2D eigenvalue weighted by molar-refractivity contribution is 7.09. The number of hydrogen-bond acceptors (Lipinski definition) is 3. The lowest BCUT2D eigenvalue weighted by Gasteiger charge is -2.39. The smallest absolute Gasteiger partial charge is 0.311 e. The van der Waals surface area contributed by atoms with Crippen LogP contribution in [-0.2, 0) is 16.0 Å². The topological polar surface area (TPSA) is 66.4 Å². The molecule has 4 nitrogen and oxygen atoms in total. The molecule has 2 N–H and O–H groups in total. The van der Waals surface area contributed by atoms with Crippen molar-refractivity contribution in [3.05, 3.63) is 22.4 Å². The molecule has 1 aromatic rings. The summed E-state index contributed by atoms with van der Waals surface area (Å²) in [7, 11) is 0. The third-order valence-electron chi connectivity index (χ3n) is 4.07. The van der Waals surface area contributed by atoms with Crippen LogP contribution in [0.25, 0.3) is 0 Å². The minimum atomic E-state index is -1.04. The van der Waals surface area contributed by atoms with E-state index in [9.17, 15) is 14.7 Å². The van der Waals surface area contributed by atoms with Crippen molar-refractivity contribution in [2.75, 3.05) is 0 Å². The summed E-state index contributed by atoms with van der Waals surface area (Å²) in [5.74, 6) is -1.22. The van der Waals surface area contributed by atoms with Gasteiger partial charge in [-0.1, -0.05) is 13.0 Å². The predicted molar refractivity (Wildman–Crippen MR) is 80.8 cm³/mol. The molecule has 5 heteroatoms. The van der Waals surface area contributed by atoms with Gasteiger partial charge in [-0.2, -0.15) is 0 Å². The van der Waals surface area contributed by atoms with E-state index in [2.05, 4.69) is 5.32 Å². The first-order chi connectivity index (χ1) is 9.08. The average molecular weight is 297 g/mol. The number of amides is 1. The molecule has 0 aliphatic heterocycles. The predicted octanol–water partition coefficient (Wildman–Crippen LogP) is 2.93. The van der Waals surface area contributed by atoms with E-state index in [1.807, 2.05) is 24.4 Å². The number of aliphatic carboxylic acids is 1. The maximum absolute atomic E-state index is 12.3. The Morgan fingerprint density at radius 1 is 1.35 bits per heavy atom. The molecule has 0 aromatic carbocycles. The molecule has 0 aliphatic carbocycles. The number of carbonyl (C=O) groups excluding carboxylic acids is 1. The first-order valence-corrected chi connectivity index (χ1v) is 7.53. The molecule has 0 saturated heterocycles. The van der Waals surface area contributed by atoms with Crippen LogP contribution in [0.3, 0.4) is 0 Å². The van der Waals surface area contributed by atoms with Gasteiger partial charge in [0.1, 0.15) is 0 Å². The van der Waals surface area contributed by atoms with E-state index in [0.717, 1.165) is 4.88 Å². The minimum Gasteiger partial charge on any atom is -0.481 e. The molecule has 112 valence electrons. The second-order valence-corrected chi connectivity index (χ2v) is 7.26. The lowest BCUT2D eigenvalue weighted by molar-refractivity contribution is -0.152. The summed E-state index contributed by atoms with van der Waals surface area (Å²) in [6.45, 7) is 8.60. The van der Waals surface area contributed by atoms with E-state index >= 15 is 0 Å². The van der Waals surface area contributed by atoms with Gasteiger partial charge in [-0.25, -0.2) is 0 Å². The van der Waals surface area contributed by atoms with Crippen molar-refractivity contribution in [3.63, 3.8) is 0 Å². The van der Waals surface area contributed by atoms with Gasteiger partial charge in [0.15, 0.2) is 0 Å². The van der Waals surface area contributed by atoms with Crippen molar-refractivity contribution in [2.45, 2.75) is 46.6 Å². The zero-order valence-electron chi connectivity index (χ0n) is 12.7. The van der Waals surface area contributed by atoms with E-state index in [-0.39, 0.29) is 11.8 Å². The summed E-state index contributed by atoms with van der Waals surface area (Å²) in [6.07, 6.45) is 0.674. The van der Waals surface area contributed by atoms with Crippen LogP contribution >= 0.6 is 11.3 Å². The van der Waals surface area contributed by atoms with Crippen molar-refractivity contribution < 1.29 is 14.7 Å². The van der Waals surface area contributed by atoms with Crippen molar-refractivity contribution in [1.29, 1.82) is 0 Å². The summed E-state index contributed by atoms with van der Waals surface area (Å²) in [5, 5.41) is 14.1. The van der Waals surface area contributed by atoms with Crippen molar-refractivity contribution in [3.8, 4) is 0 Å². The molecule has 1 amide bonds. The van der Waals surface area contributed by atoms with Gasteiger partial charge in [0, 0.05) is 16.3 Å². The molecule has 0 spiro atoms. The number of thiophene rings is 1. The third kappa shape index (κ3) is 3.60. The quantitative estimate of drug-likeness (QED) is 0.848. The fourth-order valence-corrected chi connectivity index (χ4v) is 2.51. The van der Waals surface area contributed by atoms with Gasteiger partial charge >= 0.3 is 5.97 Å². The average Bonchev–Trinajstić information content (AvgIpc) is 2.80. The molecule has 0 unspecified atom stereocenters. The van der Waals surface area contributed by atoms with Crippen molar-refractivity contribution in [2.24, 2.45) is 11.3 Å². The fourth-order valence-electron chi connectivity index (χ4n) is 1.68. The Morgan fingerprint density at radius 3 is 2.40 bits per heavy atom. The summed E-state index contributed by atoms with van der Waals surface area (Å²) in [5.41, 5.74) is -1.86. The SMILES string of the molecule is C[C@H](Cc1cccs1)C(=O)NC(C)(C)C(C)(C)C(=O)O. The van der Waals surface area contributed by atoms with Crippen molar-refractivity contribution in [1.82, 2.24) is 5.32 Å². The number of nitrogens with one attached hydrogen (secondary N) is 1. The molecular weight excluding hydrogens is 274 g/mol. The molecule has 0 bridgehead atoms. The number of hydrogen-bond donors (Lipinski definition) is 2. The first kappa shape index (κ1) is 16.7.